The molecule has 0 aliphatic carbocycles. The van der Waals surface area contributed by atoms with Gasteiger partial charge in [-0.25, -0.2) is 0 Å². The van der Waals surface area contributed by atoms with Gasteiger partial charge in [0.15, 0.2) is 6.10 Å². The van der Waals surface area contributed by atoms with Gasteiger partial charge >= 0.3 is 11.9 Å². The molecule has 1 unspecified atom stereocenters. The predicted octanol–water partition coefficient (Wildman–Crippen LogP) is 27.4. The number of aliphatic hydroxyl groups is 1. The van der Waals surface area contributed by atoms with Gasteiger partial charge in [-0.1, -0.05) is 396 Å². The van der Waals surface area contributed by atoms with Gasteiger partial charge in [0.05, 0.1) is 6.61 Å². The van der Waals surface area contributed by atoms with Gasteiger partial charge in [-0.2, -0.15) is 0 Å². The van der Waals surface area contributed by atoms with Crippen molar-refractivity contribution in [2.45, 2.75) is 444 Å². The minimum atomic E-state index is -0.770. The van der Waals surface area contributed by atoms with Crippen molar-refractivity contribution in [3.8, 4) is 0 Å². The number of allylic oxidation sites excluding steroid dienone is 8. The molecule has 5 heteroatoms. The summed E-state index contributed by atoms with van der Waals surface area (Å²) in [4.78, 5) is 24.7. The van der Waals surface area contributed by atoms with Gasteiger partial charge in [0.1, 0.15) is 6.61 Å². The van der Waals surface area contributed by atoms with E-state index in [0.717, 1.165) is 51.4 Å². The number of unbranched alkanes of at least 4 members (excludes halogenated alkanes) is 58. The number of hydrogen-bond donors (Lipinski definition) is 1. The third kappa shape index (κ3) is 74.3. The summed E-state index contributed by atoms with van der Waals surface area (Å²) >= 11 is 0. The lowest BCUT2D eigenvalue weighted by molar-refractivity contribution is -0.161. The Bertz CT molecular complexity index is 1410. The molecule has 5 nitrogen and oxygen atoms in total. The highest BCUT2D eigenvalue weighted by molar-refractivity contribution is 5.70. The van der Waals surface area contributed by atoms with E-state index in [0.29, 0.717) is 12.8 Å². The zero-order chi connectivity index (χ0) is 61.9. The summed E-state index contributed by atoms with van der Waals surface area (Å²) in [5, 5.41) is 9.72. The largest absolute Gasteiger partial charge is 0.462 e. The molecule has 0 aromatic heterocycles. The summed E-state index contributed by atoms with van der Waals surface area (Å²) < 4.78 is 10.8. The Morgan fingerprint density at radius 3 is 0.686 bits per heavy atom. The van der Waals surface area contributed by atoms with Crippen LogP contribution in [0.1, 0.15) is 438 Å². The van der Waals surface area contributed by atoms with Crippen molar-refractivity contribution >= 4 is 11.9 Å². The van der Waals surface area contributed by atoms with Crippen molar-refractivity contribution in [1.82, 2.24) is 0 Å². The molecule has 0 radical (unpaired) electrons. The van der Waals surface area contributed by atoms with Gasteiger partial charge in [0, 0.05) is 12.8 Å². The Morgan fingerprint density at radius 2 is 0.465 bits per heavy atom. The standard InChI is InChI=1S/C81H152O5/c1-3-5-7-9-11-13-15-17-19-21-23-25-27-29-31-33-35-36-37-38-39-40-41-42-43-44-46-48-50-52-54-56-58-60-62-64-66-68-70-72-74-76-81(84)86-79(77-82)78-85-80(83)75-73-71-69-67-65-63-61-59-57-55-53-51-49-47-45-34-32-30-28-26-24-22-20-18-16-14-12-10-8-6-4-2/h15-18,21-24,79,82H,3-14,19-20,25-78H2,1-2H3/b17-15-,18-16-,23-21-,24-22-. The van der Waals surface area contributed by atoms with Gasteiger partial charge in [0.2, 0.25) is 0 Å². The minimum Gasteiger partial charge on any atom is -0.462 e. The van der Waals surface area contributed by atoms with Gasteiger partial charge < -0.3 is 14.6 Å². The zero-order valence-electron chi connectivity index (χ0n) is 58.4. The number of ether oxygens (including phenoxy) is 2. The molecule has 1 N–H and O–H groups in total. The van der Waals surface area contributed by atoms with E-state index in [-0.39, 0.29) is 25.2 Å². The summed E-state index contributed by atoms with van der Waals surface area (Å²) in [6.45, 7) is 4.18. The van der Waals surface area contributed by atoms with Crippen LogP contribution in [0.25, 0.3) is 0 Å². The average molecular weight is 1210 g/mol. The molecule has 86 heavy (non-hydrogen) atoms. The second kappa shape index (κ2) is 77.1. The monoisotopic (exact) mass is 1210 g/mol. The lowest BCUT2D eigenvalue weighted by Crippen LogP contribution is -2.28. The van der Waals surface area contributed by atoms with Crippen LogP contribution in [0.4, 0.5) is 0 Å². The first-order chi connectivity index (χ1) is 42.6. The molecule has 0 aliphatic rings. The number of carbonyl (C=O) groups excluding carboxylic acids is 2. The van der Waals surface area contributed by atoms with Crippen molar-refractivity contribution in [1.29, 1.82) is 0 Å². The summed E-state index contributed by atoms with van der Waals surface area (Å²) in [5.74, 6) is -0.564. The molecule has 0 rings (SSSR count). The van der Waals surface area contributed by atoms with Crippen molar-refractivity contribution < 1.29 is 24.2 Å². The van der Waals surface area contributed by atoms with Crippen LogP contribution in [0.2, 0.25) is 0 Å². The molecular weight excluding hydrogens is 1050 g/mol. The predicted molar refractivity (Wildman–Crippen MR) is 381 cm³/mol. The first-order valence-corrected chi connectivity index (χ1v) is 39.2. The molecule has 0 aromatic carbocycles. The Kier molecular flexibility index (Phi) is 75.2. The van der Waals surface area contributed by atoms with Crippen LogP contribution >= 0.6 is 0 Å². The highest BCUT2D eigenvalue weighted by Crippen LogP contribution is 2.20. The summed E-state index contributed by atoms with van der Waals surface area (Å²) in [6, 6.07) is 0. The highest BCUT2D eigenvalue weighted by atomic mass is 16.6. The highest BCUT2D eigenvalue weighted by Gasteiger charge is 2.16. The van der Waals surface area contributed by atoms with E-state index in [4.69, 9.17) is 9.47 Å². The Balaban J connectivity index is 3.36. The van der Waals surface area contributed by atoms with Crippen molar-refractivity contribution in [2.24, 2.45) is 0 Å². The van der Waals surface area contributed by atoms with Crippen LogP contribution in [0.3, 0.4) is 0 Å². The number of carbonyl (C=O) groups is 2. The van der Waals surface area contributed by atoms with E-state index in [1.807, 2.05) is 0 Å². The van der Waals surface area contributed by atoms with Crippen LogP contribution in [0.15, 0.2) is 48.6 Å². The Morgan fingerprint density at radius 1 is 0.267 bits per heavy atom. The quantitative estimate of drug-likeness (QED) is 0.0373. The van der Waals surface area contributed by atoms with Gasteiger partial charge in [-0.3, -0.25) is 9.59 Å². The maximum Gasteiger partial charge on any atom is 0.306 e. The fourth-order valence-corrected chi connectivity index (χ4v) is 12.2. The fourth-order valence-electron chi connectivity index (χ4n) is 12.2. The Labute approximate surface area is 539 Å². The molecule has 506 valence electrons. The van der Waals surface area contributed by atoms with E-state index in [2.05, 4.69) is 62.5 Å². The Hall–Kier alpha value is -2.14. The number of rotatable bonds is 74. The van der Waals surface area contributed by atoms with E-state index < -0.39 is 6.10 Å². The average Bonchev–Trinajstić information content (AvgIpc) is 3.54. The summed E-state index contributed by atoms with van der Waals surface area (Å²) in [7, 11) is 0. The molecule has 0 saturated heterocycles. The first kappa shape index (κ1) is 83.9. The molecule has 0 heterocycles. The molecule has 0 aromatic rings. The van der Waals surface area contributed by atoms with Gasteiger partial charge in [0.25, 0.3) is 0 Å². The van der Waals surface area contributed by atoms with Crippen LogP contribution in [0, 0.1) is 0 Å². The maximum absolute atomic E-state index is 12.4. The van der Waals surface area contributed by atoms with E-state index >= 15 is 0 Å². The second-order valence-corrected chi connectivity index (χ2v) is 26.8. The van der Waals surface area contributed by atoms with Crippen molar-refractivity contribution in [3.05, 3.63) is 48.6 Å². The van der Waals surface area contributed by atoms with Crippen molar-refractivity contribution in [3.63, 3.8) is 0 Å². The lowest BCUT2D eigenvalue weighted by atomic mass is 10.0. The topological polar surface area (TPSA) is 72.8 Å². The number of esters is 2. The van der Waals surface area contributed by atoms with Gasteiger partial charge in [-0.05, 0) is 77.0 Å². The molecular formula is C81H152O5. The molecule has 0 fully saturated rings. The normalized spacial score (nSPS) is 12.4. The van der Waals surface area contributed by atoms with E-state index in [1.54, 1.807) is 0 Å². The molecule has 0 aliphatic heterocycles. The van der Waals surface area contributed by atoms with Crippen LogP contribution < -0.4 is 0 Å². The second-order valence-electron chi connectivity index (χ2n) is 26.8. The SMILES string of the molecule is CCCCCCC/C=C\C/C=C\CCCCCCCCCCCCCCCCCCCCCCCCCCCCCCCC(=O)OC(CO)COC(=O)CCCCCCCCCCCCCCCCCCCCC/C=C\C/C=C\CCCCCCC. The van der Waals surface area contributed by atoms with Crippen molar-refractivity contribution in [2.75, 3.05) is 13.2 Å². The third-order valence-corrected chi connectivity index (χ3v) is 18.1. The molecule has 0 bridgehead atoms. The molecule has 0 spiro atoms. The number of hydrogen-bond acceptors (Lipinski definition) is 5. The maximum atomic E-state index is 12.4. The molecule has 0 amide bonds. The smallest absolute Gasteiger partial charge is 0.306 e. The lowest BCUT2D eigenvalue weighted by Gasteiger charge is -2.15. The zero-order valence-corrected chi connectivity index (χ0v) is 58.4. The van der Waals surface area contributed by atoms with E-state index in [9.17, 15) is 14.7 Å². The third-order valence-electron chi connectivity index (χ3n) is 18.1. The van der Waals surface area contributed by atoms with Crippen LogP contribution in [0.5, 0.6) is 0 Å². The van der Waals surface area contributed by atoms with Gasteiger partial charge in [-0.15, -0.1) is 0 Å². The first-order valence-electron chi connectivity index (χ1n) is 39.2. The molecule has 0 saturated carbocycles. The fraction of sp³-hybridized carbons (Fsp3) is 0.877. The molecule has 1 atom stereocenters. The van der Waals surface area contributed by atoms with Crippen LogP contribution in [-0.2, 0) is 19.1 Å². The minimum absolute atomic E-state index is 0.0593. The summed E-state index contributed by atoms with van der Waals surface area (Å²) in [5.41, 5.74) is 0. The van der Waals surface area contributed by atoms with E-state index in [1.165, 1.54) is 360 Å². The number of aliphatic hydroxyl groups excluding tert-OH is 1. The van der Waals surface area contributed by atoms with Crippen LogP contribution in [-0.4, -0.2) is 36.4 Å². The summed E-state index contributed by atoms with van der Waals surface area (Å²) in [6.07, 6.45) is 105.